The fourth-order valence-electron chi connectivity index (χ4n) is 10.5. The van der Waals surface area contributed by atoms with Crippen molar-refractivity contribution in [1.82, 2.24) is 4.57 Å². The van der Waals surface area contributed by atoms with Crippen molar-refractivity contribution < 1.29 is 0 Å². The first-order valence-corrected chi connectivity index (χ1v) is 23.4. The molecule has 0 saturated heterocycles. The summed E-state index contributed by atoms with van der Waals surface area (Å²) in [4.78, 5) is 2.40. The van der Waals surface area contributed by atoms with Crippen molar-refractivity contribution in [1.29, 1.82) is 0 Å². The Balaban J connectivity index is 0.974. The SMILES string of the molecule is c1ccc(-c2cc(-c3cccc(N(c4ccc(-c5ccc6c(ccc7ccccc76)c5)cc4)c4ccc(-c5cccc6ccccc56)cc4)c3)c3c4ccccc4n(-c4ccccc4)c3c2)cc1. The van der Waals surface area contributed by atoms with E-state index in [0.717, 1.165) is 28.3 Å². The zero-order valence-electron chi connectivity index (χ0n) is 37.3. The number of aromatic nitrogens is 1. The van der Waals surface area contributed by atoms with Crippen LogP contribution in [0, 0.1) is 0 Å². The zero-order chi connectivity index (χ0) is 45.0. The molecule has 0 aliphatic rings. The molecule has 0 aliphatic heterocycles. The van der Waals surface area contributed by atoms with Crippen molar-refractivity contribution in [3.63, 3.8) is 0 Å². The lowest BCUT2D eigenvalue weighted by atomic mass is 9.94. The van der Waals surface area contributed by atoms with Gasteiger partial charge < -0.3 is 9.47 Å². The molecular weight excluding hydrogens is 821 g/mol. The minimum absolute atomic E-state index is 1.08. The second-order valence-corrected chi connectivity index (χ2v) is 17.7. The van der Waals surface area contributed by atoms with Gasteiger partial charge in [0.1, 0.15) is 0 Å². The van der Waals surface area contributed by atoms with Crippen molar-refractivity contribution in [3.05, 3.63) is 267 Å². The molecule has 318 valence electrons. The molecule has 1 heterocycles. The molecule has 2 heteroatoms. The van der Waals surface area contributed by atoms with E-state index in [0.29, 0.717) is 0 Å². The lowest BCUT2D eigenvalue weighted by Crippen LogP contribution is -2.10. The minimum Gasteiger partial charge on any atom is -0.310 e. The average molecular weight is 865 g/mol. The maximum absolute atomic E-state index is 2.42. The lowest BCUT2D eigenvalue weighted by molar-refractivity contribution is 1.18. The summed E-state index contributed by atoms with van der Waals surface area (Å²) in [7, 11) is 0. The smallest absolute Gasteiger partial charge is 0.0553 e. The van der Waals surface area contributed by atoms with E-state index in [1.54, 1.807) is 0 Å². The summed E-state index contributed by atoms with van der Waals surface area (Å²) in [5, 5.41) is 10.0. The fraction of sp³-hybridized carbons (Fsp3) is 0. The molecule has 0 spiro atoms. The number of benzene rings is 12. The summed E-state index contributed by atoms with van der Waals surface area (Å²) in [5.74, 6) is 0. The van der Waals surface area contributed by atoms with Crippen LogP contribution in [-0.4, -0.2) is 4.57 Å². The monoisotopic (exact) mass is 864 g/mol. The van der Waals surface area contributed by atoms with Crippen LogP contribution in [0.4, 0.5) is 17.1 Å². The van der Waals surface area contributed by atoms with Gasteiger partial charge in [0.25, 0.3) is 0 Å². The average Bonchev–Trinajstić information content (AvgIpc) is 3.75. The maximum atomic E-state index is 2.42. The molecule has 0 fully saturated rings. The van der Waals surface area contributed by atoms with E-state index in [2.05, 4.69) is 276 Å². The topological polar surface area (TPSA) is 8.17 Å². The molecule has 13 rings (SSSR count). The van der Waals surface area contributed by atoms with Crippen LogP contribution in [0.15, 0.2) is 267 Å². The van der Waals surface area contributed by atoms with Gasteiger partial charge in [0.15, 0.2) is 0 Å². The molecule has 0 N–H and O–H groups in total. The van der Waals surface area contributed by atoms with Gasteiger partial charge in [-0.25, -0.2) is 0 Å². The van der Waals surface area contributed by atoms with Gasteiger partial charge in [0.2, 0.25) is 0 Å². The van der Waals surface area contributed by atoms with Gasteiger partial charge in [-0.05, 0) is 150 Å². The third-order valence-corrected chi connectivity index (χ3v) is 13.7. The molecule has 0 radical (unpaired) electrons. The largest absolute Gasteiger partial charge is 0.310 e. The first kappa shape index (κ1) is 39.4. The van der Waals surface area contributed by atoms with Crippen LogP contribution >= 0.6 is 0 Å². The van der Waals surface area contributed by atoms with Crippen LogP contribution < -0.4 is 4.90 Å². The van der Waals surface area contributed by atoms with E-state index >= 15 is 0 Å². The highest BCUT2D eigenvalue weighted by molar-refractivity contribution is 6.17. The van der Waals surface area contributed by atoms with Crippen LogP contribution in [0.2, 0.25) is 0 Å². The first-order valence-electron chi connectivity index (χ1n) is 23.4. The van der Waals surface area contributed by atoms with E-state index in [1.165, 1.54) is 93.1 Å². The highest BCUT2D eigenvalue weighted by atomic mass is 15.1. The number of anilines is 3. The van der Waals surface area contributed by atoms with E-state index in [9.17, 15) is 0 Å². The summed E-state index contributed by atoms with van der Waals surface area (Å²) in [6, 6.07) is 97.6. The second kappa shape index (κ2) is 16.5. The third-order valence-electron chi connectivity index (χ3n) is 13.7. The molecule has 0 unspecified atom stereocenters. The Hall–Kier alpha value is -8.98. The van der Waals surface area contributed by atoms with Gasteiger partial charge in [-0.2, -0.15) is 0 Å². The maximum Gasteiger partial charge on any atom is 0.0553 e. The van der Waals surface area contributed by atoms with Crippen LogP contribution in [0.3, 0.4) is 0 Å². The van der Waals surface area contributed by atoms with Gasteiger partial charge >= 0.3 is 0 Å². The Labute approximate surface area is 395 Å². The molecule has 12 aromatic carbocycles. The lowest BCUT2D eigenvalue weighted by Gasteiger charge is -2.26. The van der Waals surface area contributed by atoms with E-state index in [1.807, 2.05) is 0 Å². The molecule has 68 heavy (non-hydrogen) atoms. The molecule has 0 amide bonds. The number of hydrogen-bond donors (Lipinski definition) is 0. The van der Waals surface area contributed by atoms with Crippen molar-refractivity contribution in [3.8, 4) is 50.2 Å². The van der Waals surface area contributed by atoms with Crippen LogP contribution in [0.25, 0.3) is 104 Å². The van der Waals surface area contributed by atoms with Gasteiger partial charge in [0.05, 0.1) is 11.0 Å². The molecule has 2 nitrogen and oxygen atoms in total. The minimum atomic E-state index is 1.08. The van der Waals surface area contributed by atoms with E-state index < -0.39 is 0 Å². The van der Waals surface area contributed by atoms with Crippen molar-refractivity contribution in [2.75, 3.05) is 4.90 Å². The Kier molecular flexibility index (Phi) is 9.54. The second-order valence-electron chi connectivity index (χ2n) is 17.7. The highest BCUT2D eigenvalue weighted by Crippen LogP contribution is 2.44. The molecule has 0 aliphatic carbocycles. The zero-order valence-corrected chi connectivity index (χ0v) is 37.3. The summed E-state index contributed by atoms with van der Waals surface area (Å²) in [5.41, 5.74) is 16.3. The quantitative estimate of drug-likeness (QED) is 0.138. The number of fused-ring (bicyclic) bond motifs is 7. The molecule has 13 aromatic rings. The Morgan fingerprint density at radius 3 is 1.59 bits per heavy atom. The van der Waals surface area contributed by atoms with Crippen molar-refractivity contribution in [2.24, 2.45) is 0 Å². The summed E-state index contributed by atoms with van der Waals surface area (Å²) in [6.07, 6.45) is 0. The summed E-state index contributed by atoms with van der Waals surface area (Å²) >= 11 is 0. The molecular formula is C66H44N2. The molecule has 0 saturated carbocycles. The van der Waals surface area contributed by atoms with Gasteiger partial charge in [-0.3, -0.25) is 0 Å². The summed E-state index contributed by atoms with van der Waals surface area (Å²) in [6.45, 7) is 0. The number of hydrogen-bond acceptors (Lipinski definition) is 1. The van der Waals surface area contributed by atoms with Crippen LogP contribution in [0.5, 0.6) is 0 Å². The predicted octanol–water partition coefficient (Wildman–Crippen LogP) is 18.4. The van der Waals surface area contributed by atoms with E-state index in [4.69, 9.17) is 0 Å². The third kappa shape index (κ3) is 6.82. The Bertz CT molecular complexity index is 3990. The van der Waals surface area contributed by atoms with Gasteiger partial charge in [-0.1, -0.05) is 194 Å². The van der Waals surface area contributed by atoms with Crippen LogP contribution in [0.1, 0.15) is 0 Å². The van der Waals surface area contributed by atoms with E-state index in [-0.39, 0.29) is 0 Å². The first-order chi connectivity index (χ1) is 33.7. The number of nitrogens with zero attached hydrogens (tertiary/aromatic N) is 2. The van der Waals surface area contributed by atoms with Gasteiger partial charge in [0, 0.05) is 33.5 Å². The number of para-hydroxylation sites is 2. The fourth-order valence-corrected chi connectivity index (χ4v) is 10.5. The number of rotatable bonds is 8. The normalized spacial score (nSPS) is 11.5. The molecule has 0 bridgehead atoms. The Morgan fingerprint density at radius 2 is 0.809 bits per heavy atom. The van der Waals surface area contributed by atoms with Crippen molar-refractivity contribution in [2.45, 2.75) is 0 Å². The predicted molar refractivity (Wildman–Crippen MR) is 290 cm³/mol. The molecule has 0 atom stereocenters. The molecule has 1 aromatic heterocycles. The van der Waals surface area contributed by atoms with Crippen molar-refractivity contribution >= 4 is 71.2 Å². The Morgan fingerprint density at radius 1 is 0.250 bits per heavy atom. The van der Waals surface area contributed by atoms with Gasteiger partial charge in [-0.15, -0.1) is 0 Å². The van der Waals surface area contributed by atoms with Crippen LogP contribution in [-0.2, 0) is 0 Å². The standard InChI is InChI=1S/C66H44N2/c1-3-15-45(16-4-1)53-43-63(66-62-26-11-12-28-64(62)68(65(66)44-53)54-21-5-2-6-22-54)51-20-13-23-57(42-51)67(56-38-33-49(34-39-56)60-27-14-19-47-17-7-9-24-58(47)60)55-36-31-46(32-37-55)50-35-40-61-52(41-50)30-29-48-18-8-10-25-59(48)61/h1-44H. The summed E-state index contributed by atoms with van der Waals surface area (Å²) < 4.78 is 2.42. The highest BCUT2D eigenvalue weighted by Gasteiger charge is 2.20.